The van der Waals surface area contributed by atoms with Crippen molar-refractivity contribution in [1.82, 2.24) is 19.4 Å². The summed E-state index contributed by atoms with van der Waals surface area (Å²) in [5, 5.41) is 19.2. The zero-order chi connectivity index (χ0) is 54.9. The van der Waals surface area contributed by atoms with Gasteiger partial charge in [-0.05, 0) is 62.8 Å². The highest BCUT2D eigenvalue weighted by Crippen LogP contribution is 2.32. The van der Waals surface area contributed by atoms with Crippen LogP contribution in [0.3, 0.4) is 0 Å². The predicted octanol–water partition coefficient (Wildman–Crippen LogP) is 5.67. The van der Waals surface area contributed by atoms with Gasteiger partial charge in [0.05, 0.1) is 53.7 Å². The molecule has 402 valence electrons. The summed E-state index contributed by atoms with van der Waals surface area (Å²) >= 11 is 0. The number of nitrogens with zero attached hydrogens (tertiary/aromatic N) is 6. The minimum atomic E-state index is -4.59. The molecule has 2 saturated heterocycles. The fraction of sp³-hybridized carbons (Fsp3) is 0.417. The minimum Gasteiger partial charge on any atom is -0.462 e. The van der Waals surface area contributed by atoms with Gasteiger partial charge in [0.15, 0.2) is 5.82 Å². The van der Waals surface area contributed by atoms with Crippen LogP contribution in [0.4, 0.5) is 33.6 Å². The Morgan fingerprint density at radius 3 is 1.51 bits per heavy atom. The van der Waals surface area contributed by atoms with Crippen LogP contribution >= 0.6 is 0 Å². The third-order valence-electron chi connectivity index (χ3n) is 11.2. The summed E-state index contributed by atoms with van der Waals surface area (Å²) in [5.74, 6) is -5.57. The Kier molecular flexibility index (Phi) is 20.7. The standard InChI is InChI=1S/C25H27F3N4O6S.C23H24F2N4O6S/c1-2-38-24(34)20-12-19(13-29)22(30-21(20)14-37-16-25(26,27)28)32-10-8-18(9-11-32)23(33)31-39(35,36)15-17-6-4-3-5-7-17;1-2-34-22(31)18-12-17(13-26)19(27-21(18)35-23(24)25)29-10-8-16(9-11-29)20(30)28-36(32,33)14-15-6-4-3-5-7-15/h3-7,12,18H,2,8-11,14-16H2,1H3,(H,31,33);3-7,12,16,23H,2,8-11,14H2,1H3,(H,28,30). The highest BCUT2D eigenvalue weighted by atomic mass is 32.2. The van der Waals surface area contributed by atoms with Crippen molar-refractivity contribution >= 4 is 55.4 Å². The zero-order valence-electron chi connectivity index (χ0n) is 40.3. The number of sulfonamides is 2. The van der Waals surface area contributed by atoms with E-state index in [0.717, 1.165) is 6.07 Å². The average Bonchev–Trinajstić information content (AvgIpc) is 3.36. The van der Waals surface area contributed by atoms with Gasteiger partial charge in [-0.15, -0.1) is 0 Å². The molecule has 2 fully saturated rings. The number of piperidine rings is 2. The van der Waals surface area contributed by atoms with Gasteiger partial charge in [0.2, 0.25) is 37.7 Å². The molecule has 0 radical (unpaired) electrons. The summed E-state index contributed by atoms with van der Waals surface area (Å²) in [6.07, 6.45) is -3.66. The van der Waals surface area contributed by atoms with E-state index in [1.54, 1.807) is 77.4 Å². The number of ether oxygens (including phenoxy) is 4. The molecule has 20 nitrogen and oxygen atoms in total. The van der Waals surface area contributed by atoms with Gasteiger partial charge >= 0.3 is 24.7 Å². The van der Waals surface area contributed by atoms with Crippen molar-refractivity contribution in [2.45, 2.75) is 70.4 Å². The second kappa shape index (κ2) is 26.6. The van der Waals surface area contributed by atoms with E-state index < -0.39 is 93.1 Å². The number of anilines is 2. The number of benzene rings is 2. The third-order valence-corrected chi connectivity index (χ3v) is 13.7. The number of esters is 2. The topological polar surface area (TPSA) is 277 Å². The Bertz CT molecular complexity index is 2960. The molecule has 2 aromatic heterocycles. The first-order chi connectivity index (χ1) is 35.5. The fourth-order valence-electron chi connectivity index (χ4n) is 7.80. The van der Waals surface area contributed by atoms with Crippen LogP contribution in [0.5, 0.6) is 5.88 Å². The Morgan fingerprint density at radius 2 is 1.11 bits per heavy atom. The Labute approximate surface area is 428 Å². The third kappa shape index (κ3) is 17.6. The lowest BCUT2D eigenvalue weighted by atomic mass is 9.96. The highest BCUT2D eigenvalue weighted by molar-refractivity contribution is 7.89. The molecule has 2 amide bonds. The molecule has 0 saturated carbocycles. The van der Waals surface area contributed by atoms with Gasteiger partial charge in [-0.1, -0.05) is 60.7 Å². The summed E-state index contributed by atoms with van der Waals surface area (Å²) in [6.45, 7) is -1.61. The molecule has 0 bridgehead atoms. The number of alkyl halides is 5. The number of aromatic nitrogens is 2. The van der Waals surface area contributed by atoms with Gasteiger partial charge in [-0.2, -0.15) is 37.5 Å². The highest BCUT2D eigenvalue weighted by Gasteiger charge is 2.34. The van der Waals surface area contributed by atoms with E-state index >= 15 is 0 Å². The van der Waals surface area contributed by atoms with Crippen LogP contribution in [-0.2, 0) is 62.0 Å². The molecule has 0 aliphatic carbocycles. The predicted molar refractivity (Wildman–Crippen MR) is 256 cm³/mol. The number of carbonyl (C=O) groups is 4. The number of rotatable bonds is 19. The van der Waals surface area contributed by atoms with Crippen LogP contribution in [-0.4, -0.2) is 109 Å². The lowest BCUT2D eigenvalue weighted by Crippen LogP contribution is -2.43. The molecule has 0 atom stereocenters. The molecule has 4 heterocycles. The largest absolute Gasteiger partial charge is 0.462 e. The van der Waals surface area contributed by atoms with Gasteiger partial charge in [0.1, 0.15) is 30.1 Å². The van der Waals surface area contributed by atoms with E-state index in [0.29, 0.717) is 11.1 Å². The number of halogens is 5. The number of hydrogen-bond donors (Lipinski definition) is 2. The maximum Gasteiger partial charge on any atom is 0.411 e. The van der Waals surface area contributed by atoms with E-state index in [2.05, 4.69) is 24.1 Å². The molecule has 75 heavy (non-hydrogen) atoms. The first kappa shape index (κ1) is 58.4. The smallest absolute Gasteiger partial charge is 0.411 e. The van der Waals surface area contributed by atoms with Gasteiger partial charge in [0.25, 0.3) is 0 Å². The minimum absolute atomic E-state index is 0.00195. The summed E-state index contributed by atoms with van der Waals surface area (Å²) in [6, 6.07) is 22.9. The lowest BCUT2D eigenvalue weighted by molar-refractivity contribution is -0.176. The first-order valence-corrected chi connectivity index (χ1v) is 26.3. The van der Waals surface area contributed by atoms with Gasteiger partial charge in [-0.3, -0.25) is 19.0 Å². The normalized spacial score (nSPS) is 14.4. The molecule has 2 aliphatic rings. The van der Waals surface area contributed by atoms with E-state index in [1.807, 2.05) is 12.1 Å². The summed E-state index contributed by atoms with van der Waals surface area (Å²) in [7, 11) is -7.80. The zero-order valence-corrected chi connectivity index (χ0v) is 42.0. The molecule has 2 aromatic carbocycles. The van der Waals surface area contributed by atoms with Gasteiger partial charge < -0.3 is 28.7 Å². The van der Waals surface area contributed by atoms with Crippen molar-refractivity contribution in [1.29, 1.82) is 10.5 Å². The second-order valence-electron chi connectivity index (χ2n) is 16.7. The van der Waals surface area contributed by atoms with Crippen molar-refractivity contribution in [3.63, 3.8) is 0 Å². The first-order valence-electron chi connectivity index (χ1n) is 23.0. The monoisotopic (exact) mass is 1090 g/mol. The van der Waals surface area contributed by atoms with Gasteiger partial charge in [0, 0.05) is 38.0 Å². The number of nitriles is 2. The van der Waals surface area contributed by atoms with Crippen molar-refractivity contribution in [2.75, 3.05) is 55.8 Å². The molecule has 4 aromatic rings. The summed E-state index contributed by atoms with van der Waals surface area (Å²) < 4.78 is 136. The molecule has 0 spiro atoms. The lowest BCUT2D eigenvalue weighted by Gasteiger charge is -2.33. The Morgan fingerprint density at radius 1 is 0.693 bits per heavy atom. The fourth-order valence-corrected chi connectivity index (χ4v) is 10.2. The number of amides is 2. The summed E-state index contributed by atoms with van der Waals surface area (Å²) in [5.41, 5.74) is 0.282. The number of nitrogens with one attached hydrogen (secondary N) is 2. The molecule has 2 aliphatic heterocycles. The van der Waals surface area contributed by atoms with Crippen LogP contribution in [0.2, 0.25) is 0 Å². The molecule has 2 N–H and O–H groups in total. The molecular weight excluding hydrogens is 1040 g/mol. The molecule has 6 rings (SSSR count). The maximum atomic E-state index is 12.9. The van der Waals surface area contributed by atoms with Crippen molar-refractivity contribution in [3.05, 3.63) is 112 Å². The van der Waals surface area contributed by atoms with Crippen LogP contribution in [0, 0.1) is 34.5 Å². The number of carbonyl (C=O) groups excluding carboxylic acids is 4. The molecule has 0 unspecified atom stereocenters. The Hall–Kier alpha value is -7.49. The van der Waals surface area contributed by atoms with Crippen LogP contribution < -0.4 is 24.0 Å². The van der Waals surface area contributed by atoms with Crippen LogP contribution in [0.15, 0.2) is 72.8 Å². The number of hydrogen-bond acceptors (Lipinski definition) is 18. The second-order valence-corrected chi connectivity index (χ2v) is 20.1. The van der Waals surface area contributed by atoms with E-state index in [1.165, 1.54) is 13.0 Å². The Balaban J connectivity index is 0.000000278. The quantitative estimate of drug-likeness (QED) is 0.0846. The molecular formula is C48H51F5N8O12S2. The van der Waals surface area contributed by atoms with Crippen molar-refractivity contribution in [2.24, 2.45) is 11.8 Å². The van der Waals surface area contributed by atoms with Crippen molar-refractivity contribution in [3.8, 4) is 18.0 Å². The SMILES string of the molecule is CCOC(=O)c1cc(C#N)c(N2CCC(C(=O)NS(=O)(=O)Cc3ccccc3)CC2)nc1COCC(F)(F)F.CCOC(=O)c1cc(C#N)c(N2CCC(C(=O)NS(=O)(=O)Cc3ccccc3)CC2)nc1OC(F)F. The molecule has 27 heteroatoms. The summed E-state index contributed by atoms with van der Waals surface area (Å²) in [4.78, 5) is 61.3. The maximum absolute atomic E-state index is 12.9. The van der Waals surface area contributed by atoms with Crippen LogP contribution in [0.1, 0.15) is 88.2 Å². The van der Waals surface area contributed by atoms with Crippen molar-refractivity contribution < 1.29 is 76.9 Å². The van der Waals surface area contributed by atoms with Gasteiger partial charge in [-0.25, -0.2) is 31.4 Å². The van der Waals surface area contributed by atoms with E-state index in [9.17, 15) is 68.5 Å². The van der Waals surface area contributed by atoms with E-state index in [-0.39, 0.29) is 111 Å². The number of pyridine rings is 2. The van der Waals surface area contributed by atoms with Crippen LogP contribution in [0.25, 0.3) is 0 Å². The average molecular weight is 1090 g/mol. The van der Waals surface area contributed by atoms with E-state index in [4.69, 9.17) is 14.2 Å².